The summed E-state index contributed by atoms with van der Waals surface area (Å²) < 4.78 is 38.0. The molecule has 1 N–H and O–H groups in total. The molecule has 1 atom stereocenters. The highest BCUT2D eigenvalue weighted by molar-refractivity contribution is 5.42. The van der Waals surface area contributed by atoms with Crippen LogP contribution in [0.2, 0.25) is 0 Å². The predicted molar refractivity (Wildman–Crippen MR) is 66.0 cm³/mol. The maximum atomic E-state index is 12.7. The van der Waals surface area contributed by atoms with E-state index in [9.17, 15) is 13.2 Å². The standard InChI is InChI=1S/C13H16F3N3/c14-13(15,16)10-2-1-3-11(18-10)19-7-5-12(9-19)4-6-17-8-12/h1-3,17H,4-9H2. The Balaban J connectivity index is 1.80. The third-order valence-electron chi connectivity index (χ3n) is 4.12. The van der Waals surface area contributed by atoms with Gasteiger partial charge in [-0.25, -0.2) is 4.98 Å². The van der Waals surface area contributed by atoms with Crippen LogP contribution in [0.25, 0.3) is 0 Å². The molecule has 0 amide bonds. The fraction of sp³-hybridized carbons (Fsp3) is 0.615. The van der Waals surface area contributed by atoms with Gasteiger partial charge >= 0.3 is 6.18 Å². The van der Waals surface area contributed by atoms with Crippen molar-refractivity contribution >= 4 is 5.82 Å². The van der Waals surface area contributed by atoms with Crippen LogP contribution < -0.4 is 10.2 Å². The number of anilines is 1. The van der Waals surface area contributed by atoms with Gasteiger partial charge in [-0.1, -0.05) is 6.07 Å². The van der Waals surface area contributed by atoms with Crippen molar-refractivity contribution < 1.29 is 13.2 Å². The van der Waals surface area contributed by atoms with Gasteiger partial charge in [0.25, 0.3) is 0 Å². The Morgan fingerprint density at radius 1 is 1.26 bits per heavy atom. The summed E-state index contributed by atoms with van der Waals surface area (Å²) in [7, 11) is 0. The van der Waals surface area contributed by atoms with Crippen LogP contribution in [0.3, 0.4) is 0 Å². The molecular formula is C13H16F3N3. The van der Waals surface area contributed by atoms with Crippen molar-refractivity contribution in [3.63, 3.8) is 0 Å². The maximum absolute atomic E-state index is 12.7. The minimum atomic E-state index is -4.37. The average molecular weight is 271 g/mol. The van der Waals surface area contributed by atoms with Crippen molar-refractivity contribution in [2.45, 2.75) is 19.0 Å². The first kappa shape index (κ1) is 12.7. The molecule has 0 aliphatic carbocycles. The van der Waals surface area contributed by atoms with Gasteiger partial charge in [-0.15, -0.1) is 0 Å². The molecule has 0 aromatic carbocycles. The molecule has 19 heavy (non-hydrogen) atoms. The van der Waals surface area contributed by atoms with Gasteiger partial charge in [0.15, 0.2) is 0 Å². The van der Waals surface area contributed by atoms with E-state index in [0.29, 0.717) is 5.82 Å². The molecular weight excluding hydrogens is 255 g/mol. The Bertz CT molecular complexity index is 466. The van der Waals surface area contributed by atoms with Gasteiger partial charge in [0.2, 0.25) is 0 Å². The largest absolute Gasteiger partial charge is 0.433 e. The molecule has 1 spiro atoms. The molecule has 2 saturated heterocycles. The van der Waals surface area contributed by atoms with Gasteiger partial charge in [-0.05, 0) is 31.5 Å². The molecule has 0 bridgehead atoms. The molecule has 2 fully saturated rings. The average Bonchev–Trinajstić information content (AvgIpc) is 3.00. The summed E-state index contributed by atoms with van der Waals surface area (Å²) in [6, 6.07) is 4.12. The van der Waals surface area contributed by atoms with Gasteiger partial charge in [0.05, 0.1) is 0 Å². The van der Waals surface area contributed by atoms with Crippen molar-refractivity contribution in [1.29, 1.82) is 0 Å². The zero-order valence-electron chi connectivity index (χ0n) is 10.5. The summed E-state index contributed by atoms with van der Waals surface area (Å²) in [5.74, 6) is 0.443. The van der Waals surface area contributed by atoms with Gasteiger partial charge in [0.1, 0.15) is 11.5 Å². The van der Waals surface area contributed by atoms with E-state index in [1.54, 1.807) is 6.07 Å². The smallest absolute Gasteiger partial charge is 0.356 e. The molecule has 1 unspecified atom stereocenters. The number of nitrogens with one attached hydrogen (secondary N) is 1. The Labute approximate surface area is 109 Å². The summed E-state index contributed by atoms with van der Waals surface area (Å²) >= 11 is 0. The molecule has 1 aromatic rings. The van der Waals surface area contributed by atoms with Crippen molar-refractivity contribution in [3.05, 3.63) is 23.9 Å². The number of rotatable bonds is 1. The number of nitrogens with zero attached hydrogens (tertiary/aromatic N) is 2. The molecule has 104 valence electrons. The molecule has 0 saturated carbocycles. The van der Waals surface area contributed by atoms with Crippen molar-refractivity contribution in [3.8, 4) is 0 Å². The van der Waals surface area contributed by atoms with Gasteiger partial charge < -0.3 is 10.2 Å². The minimum absolute atomic E-state index is 0.232. The van der Waals surface area contributed by atoms with Gasteiger partial charge in [-0.3, -0.25) is 0 Å². The van der Waals surface area contributed by atoms with Crippen LogP contribution in [0.15, 0.2) is 18.2 Å². The van der Waals surface area contributed by atoms with E-state index in [1.807, 2.05) is 4.90 Å². The van der Waals surface area contributed by atoms with Crippen LogP contribution in [0.5, 0.6) is 0 Å². The molecule has 2 aliphatic rings. The molecule has 3 nitrogen and oxygen atoms in total. The SMILES string of the molecule is FC(F)(F)c1cccc(N2CCC3(CCNC3)C2)n1. The number of aromatic nitrogens is 1. The molecule has 2 aliphatic heterocycles. The lowest BCUT2D eigenvalue weighted by atomic mass is 9.87. The number of hydrogen-bond donors (Lipinski definition) is 1. The summed E-state index contributed by atoms with van der Waals surface area (Å²) in [5.41, 5.74) is -0.578. The lowest BCUT2D eigenvalue weighted by molar-refractivity contribution is -0.141. The fourth-order valence-corrected chi connectivity index (χ4v) is 3.03. The number of alkyl halides is 3. The van der Waals surface area contributed by atoms with Crippen molar-refractivity contribution in [1.82, 2.24) is 10.3 Å². The summed E-state index contributed by atoms with van der Waals surface area (Å²) in [5, 5.41) is 3.34. The first-order valence-electron chi connectivity index (χ1n) is 6.49. The van der Waals surface area contributed by atoms with E-state index in [1.165, 1.54) is 6.07 Å². The van der Waals surface area contributed by atoms with E-state index in [2.05, 4.69) is 10.3 Å². The highest BCUT2D eigenvalue weighted by atomic mass is 19.4. The summed E-state index contributed by atoms with van der Waals surface area (Å²) in [4.78, 5) is 5.74. The molecule has 1 aromatic heterocycles. The Morgan fingerprint density at radius 3 is 2.79 bits per heavy atom. The second-order valence-electron chi connectivity index (χ2n) is 5.48. The fourth-order valence-electron chi connectivity index (χ4n) is 3.03. The number of halogens is 3. The molecule has 0 radical (unpaired) electrons. The first-order valence-corrected chi connectivity index (χ1v) is 6.49. The van der Waals surface area contributed by atoms with E-state index in [-0.39, 0.29) is 5.41 Å². The third-order valence-corrected chi connectivity index (χ3v) is 4.12. The molecule has 3 heterocycles. The van der Waals surface area contributed by atoms with E-state index < -0.39 is 11.9 Å². The highest BCUT2D eigenvalue weighted by Gasteiger charge is 2.41. The van der Waals surface area contributed by atoms with Crippen LogP contribution in [-0.4, -0.2) is 31.2 Å². The summed E-state index contributed by atoms with van der Waals surface area (Å²) in [6.07, 6.45) is -2.25. The second-order valence-corrected chi connectivity index (χ2v) is 5.48. The van der Waals surface area contributed by atoms with Crippen LogP contribution in [0, 0.1) is 5.41 Å². The normalized spacial score (nSPS) is 27.4. The quantitative estimate of drug-likeness (QED) is 0.849. The number of hydrogen-bond acceptors (Lipinski definition) is 3. The summed E-state index contributed by atoms with van der Waals surface area (Å²) in [6.45, 7) is 3.55. The second kappa shape index (κ2) is 4.37. The van der Waals surface area contributed by atoms with E-state index in [4.69, 9.17) is 0 Å². The molecule has 6 heteroatoms. The Morgan fingerprint density at radius 2 is 2.11 bits per heavy atom. The van der Waals surface area contributed by atoms with Crippen LogP contribution >= 0.6 is 0 Å². The maximum Gasteiger partial charge on any atom is 0.433 e. The Kier molecular flexibility index (Phi) is 2.92. The van der Waals surface area contributed by atoms with Crippen LogP contribution in [0.1, 0.15) is 18.5 Å². The highest BCUT2D eigenvalue weighted by Crippen LogP contribution is 2.38. The lowest BCUT2D eigenvalue weighted by Crippen LogP contribution is -2.29. The third kappa shape index (κ3) is 2.41. The lowest BCUT2D eigenvalue weighted by Gasteiger charge is -2.23. The monoisotopic (exact) mass is 271 g/mol. The van der Waals surface area contributed by atoms with E-state index >= 15 is 0 Å². The van der Waals surface area contributed by atoms with Gasteiger partial charge in [-0.2, -0.15) is 13.2 Å². The van der Waals surface area contributed by atoms with Crippen LogP contribution in [-0.2, 0) is 6.18 Å². The first-order chi connectivity index (χ1) is 8.99. The zero-order valence-corrected chi connectivity index (χ0v) is 10.5. The molecule has 3 rings (SSSR count). The zero-order chi connectivity index (χ0) is 13.5. The minimum Gasteiger partial charge on any atom is -0.356 e. The van der Waals surface area contributed by atoms with Gasteiger partial charge in [0, 0.05) is 25.0 Å². The van der Waals surface area contributed by atoms with Crippen molar-refractivity contribution in [2.24, 2.45) is 5.41 Å². The van der Waals surface area contributed by atoms with E-state index in [0.717, 1.165) is 45.1 Å². The van der Waals surface area contributed by atoms with Crippen LogP contribution in [0.4, 0.5) is 19.0 Å². The predicted octanol–water partition coefficient (Wildman–Crippen LogP) is 2.29. The number of pyridine rings is 1. The Hall–Kier alpha value is -1.30. The van der Waals surface area contributed by atoms with Crippen molar-refractivity contribution in [2.75, 3.05) is 31.1 Å². The topological polar surface area (TPSA) is 28.2 Å².